The standard InChI is InChI=1S/C30H16ClF2N3O4S/c31-21-12-19-20(28(39)17-6-2-1-5-16(17)27(19)38)13-24(21)34-26(37)14-41-30-35-23-8-4-3-7-18(23)29(40)36(30)25-10-9-15(32)11-22(25)33/h1-13H,14H2,(H,34,37). The Balaban J connectivity index is 1.30. The second-order valence-corrected chi connectivity index (χ2v) is 10.4. The first-order chi connectivity index (χ1) is 19.7. The minimum atomic E-state index is -0.975. The molecule has 0 spiro atoms. The number of carbonyl (C=O) groups is 3. The summed E-state index contributed by atoms with van der Waals surface area (Å²) in [6, 6.07) is 18.4. The molecule has 11 heteroatoms. The van der Waals surface area contributed by atoms with Gasteiger partial charge in [-0.3, -0.25) is 23.7 Å². The molecule has 1 heterocycles. The van der Waals surface area contributed by atoms with E-state index in [1.54, 1.807) is 42.5 Å². The minimum absolute atomic E-state index is 0.00303. The van der Waals surface area contributed by atoms with Crippen LogP contribution in [0.3, 0.4) is 0 Å². The third-order valence-corrected chi connectivity index (χ3v) is 7.77. The van der Waals surface area contributed by atoms with E-state index < -0.39 is 23.1 Å². The van der Waals surface area contributed by atoms with Crippen molar-refractivity contribution in [3.05, 3.63) is 128 Å². The molecule has 0 atom stereocenters. The first-order valence-corrected chi connectivity index (χ1v) is 13.5. The summed E-state index contributed by atoms with van der Waals surface area (Å²) in [7, 11) is 0. The van der Waals surface area contributed by atoms with Crippen molar-refractivity contribution in [2.45, 2.75) is 5.16 Å². The Hall–Kier alpha value is -4.67. The van der Waals surface area contributed by atoms with E-state index in [9.17, 15) is 28.0 Å². The molecule has 4 aromatic carbocycles. The normalized spacial score (nSPS) is 12.3. The number of carbonyl (C=O) groups excluding carboxylic acids is 3. The molecule has 0 bridgehead atoms. The number of amides is 1. The van der Waals surface area contributed by atoms with Crippen molar-refractivity contribution in [3.63, 3.8) is 0 Å². The van der Waals surface area contributed by atoms with E-state index in [2.05, 4.69) is 10.3 Å². The quantitative estimate of drug-likeness (QED) is 0.201. The Kier molecular flexibility index (Phi) is 6.72. The van der Waals surface area contributed by atoms with Crippen molar-refractivity contribution in [3.8, 4) is 5.69 Å². The molecule has 0 fully saturated rings. The van der Waals surface area contributed by atoms with E-state index in [0.717, 1.165) is 28.5 Å². The zero-order valence-corrected chi connectivity index (χ0v) is 22.4. The number of hydrogen-bond donors (Lipinski definition) is 1. The number of aromatic nitrogens is 2. The second-order valence-electron chi connectivity index (χ2n) is 9.07. The van der Waals surface area contributed by atoms with Crippen molar-refractivity contribution in [2.24, 2.45) is 0 Å². The van der Waals surface area contributed by atoms with Gasteiger partial charge in [0.1, 0.15) is 11.6 Å². The number of para-hydroxylation sites is 1. The SMILES string of the molecule is O=C(CSc1nc2ccccc2c(=O)n1-c1ccc(F)cc1F)Nc1cc2c(cc1Cl)C(=O)c1ccccc1C2=O. The molecule has 0 aliphatic heterocycles. The summed E-state index contributed by atoms with van der Waals surface area (Å²) in [5.74, 6) is -3.36. The molecule has 41 heavy (non-hydrogen) atoms. The first kappa shape index (κ1) is 26.5. The number of halogens is 3. The van der Waals surface area contributed by atoms with Gasteiger partial charge in [-0.25, -0.2) is 13.8 Å². The number of ketones is 2. The third-order valence-electron chi connectivity index (χ3n) is 6.51. The van der Waals surface area contributed by atoms with Gasteiger partial charge in [0.15, 0.2) is 16.7 Å². The lowest BCUT2D eigenvalue weighted by Crippen LogP contribution is -2.24. The molecule has 0 saturated heterocycles. The van der Waals surface area contributed by atoms with Crippen LogP contribution in [0.5, 0.6) is 0 Å². The fourth-order valence-electron chi connectivity index (χ4n) is 4.61. The molecule has 1 amide bonds. The first-order valence-electron chi connectivity index (χ1n) is 12.1. The van der Waals surface area contributed by atoms with E-state index in [1.165, 1.54) is 18.2 Å². The Labute approximate surface area is 239 Å². The molecule has 0 radical (unpaired) electrons. The van der Waals surface area contributed by atoms with Gasteiger partial charge in [0.25, 0.3) is 5.56 Å². The van der Waals surface area contributed by atoms with Gasteiger partial charge in [-0.05, 0) is 36.4 Å². The van der Waals surface area contributed by atoms with Crippen molar-refractivity contribution in [1.82, 2.24) is 9.55 Å². The van der Waals surface area contributed by atoms with Crippen molar-refractivity contribution >= 4 is 57.4 Å². The van der Waals surface area contributed by atoms with Gasteiger partial charge >= 0.3 is 0 Å². The van der Waals surface area contributed by atoms with Crippen LogP contribution in [0.25, 0.3) is 16.6 Å². The summed E-state index contributed by atoms with van der Waals surface area (Å²) < 4.78 is 29.3. The lowest BCUT2D eigenvalue weighted by Gasteiger charge is -2.19. The van der Waals surface area contributed by atoms with Crippen LogP contribution in [0.15, 0.2) is 88.8 Å². The topological polar surface area (TPSA) is 98.1 Å². The average molecular weight is 588 g/mol. The fourth-order valence-corrected chi connectivity index (χ4v) is 5.63. The fraction of sp³-hybridized carbons (Fsp3) is 0.0333. The van der Waals surface area contributed by atoms with Gasteiger partial charge in [-0.15, -0.1) is 0 Å². The summed E-state index contributed by atoms with van der Waals surface area (Å²) in [5, 5.41) is 2.90. The summed E-state index contributed by atoms with van der Waals surface area (Å²) in [4.78, 5) is 56.7. The molecular formula is C30H16ClF2N3O4S. The predicted octanol–water partition coefficient (Wildman–Crippen LogP) is 5.82. The molecule has 1 aliphatic carbocycles. The molecule has 7 nitrogen and oxygen atoms in total. The maximum Gasteiger partial charge on any atom is 0.266 e. The van der Waals surface area contributed by atoms with Crippen LogP contribution in [0.1, 0.15) is 31.8 Å². The maximum absolute atomic E-state index is 14.7. The van der Waals surface area contributed by atoms with Crippen molar-refractivity contribution in [1.29, 1.82) is 0 Å². The Morgan fingerprint density at radius 3 is 2.22 bits per heavy atom. The van der Waals surface area contributed by atoms with Gasteiger partial charge in [0.2, 0.25) is 5.91 Å². The van der Waals surface area contributed by atoms with E-state index in [4.69, 9.17) is 11.6 Å². The van der Waals surface area contributed by atoms with Gasteiger partial charge in [-0.1, -0.05) is 59.8 Å². The number of rotatable bonds is 5. The van der Waals surface area contributed by atoms with E-state index in [1.807, 2.05) is 0 Å². The zero-order chi connectivity index (χ0) is 28.8. The lowest BCUT2D eigenvalue weighted by molar-refractivity contribution is -0.113. The molecule has 5 aromatic rings. The highest BCUT2D eigenvalue weighted by atomic mass is 35.5. The Morgan fingerprint density at radius 1 is 0.854 bits per heavy atom. The minimum Gasteiger partial charge on any atom is -0.324 e. The van der Waals surface area contributed by atoms with Gasteiger partial charge in [0, 0.05) is 28.3 Å². The number of hydrogen-bond acceptors (Lipinski definition) is 6. The van der Waals surface area contributed by atoms with Crippen LogP contribution in [-0.4, -0.2) is 32.8 Å². The van der Waals surface area contributed by atoms with E-state index in [0.29, 0.717) is 11.6 Å². The van der Waals surface area contributed by atoms with Gasteiger partial charge in [-0.2, -0.15) is 0 Å². The second kappa shape index (κ2) is 10.4. The number of nitrogens with one attached hydrogen (secondary N) is 1. The largest absolute Gasteiger partial charge is 0.324 e. The van der Waals surface area contributed by atoms with Crippen LogP contribution in [0.2, 0.25) is 5.02 Å². The third kappa shape index (κ3) is 4.71. The van der Waals surface area contributed by atoms with E-state index in [-0.39, 0.29) is 66.5 Å². The highest BCUT2D eigenvalue weighted by Gasteiger charge is 2.30. The monoisotopic (exact) mass is 587 g/mol. The summed E-state index contributed by atoms with van der Waals surface area (Å²) in [6.07, 6.45) is 0. The summed E-state index contributed by atoms with van der Waals surface area (Å²) >= 11 is 7.22. The number of anilines is 1. The summed E-state index contributed by atoms with van der Waals surface area (Å²) in [5.41, 5.74) is 0.415. The molecule has 0 unspecified atom stereocenters. The van der Waals surface area contributed by atoms with Crippen molar-refractivity contribution < 1.29 is 23.2 Å². The molecule has 0 saturated carbocycles. The molecule has 1 N–H and O–H groups in total. The number of thioether (sulfide) groups is 1. The van der Waals surface area contributed by atoms with Crippen LogP contribution < -0.4 is 10.9 Å². The summed E-state index contributed by atoms with van der Waals surface area (Å²) in [6.45, 7) is 0. The van der Waals surface area contributed by atoms with E-state index >= 15 is 0 Å². The molecule has 202 valence electrons. The van der Waals surface area contributed by atoms with Gasteiger partial charge < -0.3 is 5.32 Å². The molecule has 1 aliphatic rings. The zero-order valence-electron chi connectivity index (χ0n) is 20.8. The predicted molar refractivity (Wildman–Crippen MR) is 151 cm³/mol. The van der Waals surface area contributed by atoms with Crippen LogP contribution in [0.4, 0.5) is 14.5 Å². The smallest absolute Gasteiger partial charge is 0.266 e. The molecule has 1 aromatic heterocycles. The lowest BCUT2D eigenvalue weighted by atomic mass is 9.84. The average Bonchev–Trinajstić information content (AvgIpc) is 2.96. The van der Waals surface area contributed by atoms with Crippen LogP contribution >= 0.6 is 23.4 Å². The maximum atomic E-state index is 14.7. The van der Waals surface area contributed by atoms with Crippen LogP contribution in [0, 0.1) is 11.6 Å². The van der Waals surface area contributed by atoms with Crippen molar-refractivity contribution in [2.75, 3.05) is 11.1 Å². The van der Waals surface area contributed by atoms with Gasteiger partial charge in [0.05, 0.1) is 33.1 Å². The number of benzene rings is 4. The molecular weight excluding hydrogens is 572 g/mol. The molecule has 6 rings (SSSR count). The highest BCUT2D eigenvalue weighted by Crippen LogP contribution is 2.34. The Morgan fingerprint density at radius 2 is 1.51 bits per heavy atom. The number of fused-ring (bicyclic) bond motifs is 3. The highest BCUT2D eigenvalue weighted by molar-refractivity contribution is 7.99. The van der Waals surface area contributed by atoms with Crippen LogP contribution in [-0.2, 0) is 4.79 Å². The Bertz CT molecular complexity index is 2010. The number of nitrogens with zero attached hydrogens (tertiary/aromatic N) is 2.